The summed E-state index contributed by atoms with van der Waals surface area (Å²) in [6, 6.07) is 0. The third kappa shape index (κ3) is 2.76. The second-order valence-corrected chi connectivity index (χ2v) is 3.51. The second kappa shape index (κ2) is 5.55. The van der Waals surface area contributed by atoms with Gasteiger partial charge in [-0.2, -0.15) is 0 Å². The van der Waals surface area contributed by atoms with E-state index in [1.54, 1.807) is 0 Å². The van der Waals surface area contributed by atoms with Crippen molar-refractivity contribution < 1.29 is 4.74 Å². The summed E-state index contributed by atoms with van der Waals surface area (Å²) in [6.07, 6.45) is 4.29. The predicted molar refractivity (Wildman–Crippen MR) is 51.3 cm³/mol. The Hall–Kier alpha value is -0.0800. The lowest BCUT2D eigenvalue weighted by Crippen LogP contribution is -2.37. The van der Waals surface area contributed by atoms with E-state index >= 15 is 0 Å². The zero-order chi connectivity index (χ0) is 8.81. The van der Waals surface area contributed by atoms with Crippen molar-refractivity contribution in [3.63, 3.8) is 0 Å². The fraction of sp³-hybridized carbons (Fsp3) is 1.00. The Labute approximate surface area is 75.7 Å². The van der Waals surface area contributed by atoms with Gasteiger partial charge in [-0.1, -0.05) is 6.92 Å². The van der Waals surface area contributed by atoms with E-state index in [0.29, 0.717) is 6.10 Å². The number of hydrogen-bond donors (Lipinski definition) is 1. The Morgan fingerprint density at radius 2 is 2.33 bits per heavy atom. The average Bonchev–Trinajstić information content (AvgIpc) is 2.15. The molecule has 0 aromatic heterocycles. The van der Waals surface area contributed by atoms with Gasteiger partial charge in [-0.15, -0.1) is 0 Å². The van der Waals surface area contributed by atoms with Crippen molar-refractivity contribution in [1.29, 1.82) is 0 Å². The predicted octanol–water partition coefficient (Wildman–Crippen LogP) is 1.80. The molecule has 2 unspecified atom stereocenters. The molecule has 12 heavy (non-hydrogen) atoms. The Kier molecular flexibility index (Phi) is 4.62. The van der Waals surface area contributed by atoms with E-state index < -0.39 is 0 Å². The maximum Gasteiger partial charge on any atom is 0.0612 e. The molecular formula is C10H21NO. The summed E-state index contributed by atoms with van der Waals surface area (Å²) in [5.74, 6) is 0.753. The maximum absolute atomic E-state index is 5.69. The van der Waals surface area contributed by atoms with Gasteiger partial charge in [-0.25, -0.2) is 0 Å². The molecule has 2 heteroatoms. The summed E-state index contributed by atoms with van der Waals surface area (Å²) in [5.41, 5.74) is 0. The molecule has 1 aliphatic rings. The minimum atomic E-state index is 0.489. The lowest BCUT2D eigenvalue weighted by Gasteiger charge is -2.29. The highest BCUT2D eigenvalue weighted by molar-refractivity contribution is 4.75. The monoisotopic (exact) mass is 171 g/mol. The summed E-state index contributed by atoms with van der Waals surface area (Å²) in [5, 5.41) is 3.43. The SMILES string of the molecule is CCOC(CC)C1CCCNC1. The fourth-order valence-electron chi connectivity index (χ4n) is 2.00. The highest BCUT2D eigenvalue weighted by Crippen LogP contribution is 2.19. The van der Waals surface area contributed by atoms with E-state index in [4.69, 9.17) is 4.74 Å². The number of ether oxygens (including phenoxy) is 1. The smallest absolute Gasteiger partial charge is 0.0612 e. The molecule has 0 aromatic rings. The highest BCUT2D eigenvalue weighted by Gasteiger charge is 2.21. The fourth-order valence-corrected chi connectivity index (χ4v) is 2.00. The van der Waals surface area contributed by atoms with Gasteiger partial charge in [0, 0.05) is 13.2 Å². The van der Waals surface area contributed by atoms with Gasteiger partial charge in [0.25, 0.3) is 0 Å². The molecule has 0 spiro atoms. The van der Waals surface area contributed by atoms with Crippen LogP contribution in [-0.2, 0) is 4.74 Å². The molecule has 0 amide bonds. The topological polar surface area (TPSA) is 21.3 Å². The van der Waals surface area contributed by atoms with E-state index in [1.807, 2.05) is 0 Å². The first-order valence-corrected chi connectivity index (χ1v) is 5.20. The van der Waals surface area contributed by atoms with Crippen LogP contribution in [0.25, 0.3) is 0 Å². The third-order valence-electron chi connectivity index (χ3n) is 2.64. The van der Waals surface area contributed by atoms with E-state index in [-0.39, 0.29) is 0 Å². The lowest BCUT2D eigenvalue weighted by molar-refractivity contribution is 0.00964. The molecule has 0 aromatic carbocycles. The Bertz CT molecular complexity index is 108. The van der Waals surface area contributed by atoms with E-state index in [0.717, 1.165) is 25.5 Å². The van der Waals surface area contributed by atoms with Crippen LogP contribution in [0.4, 0.5) is 0 Å². The first-order valence-electron chi connectivity index (χ1n) is 5.20. The van der Waals surface area contributed by atoms with Crippen LogP contribution in [0.3, 0.4) is 0 Å². The molecule has 2 atom stereocenters. The summed E-state index contributed by atoms with van der Waals surface area (Å²) in [6.45, 7) is 7.50. The minimum absolute atomic E-state index is 0.489. The normalized spacial score (nSPS) is 27.0. The maximum atomic E-state index is 5.69. The Morgan fingerprint density at radius 3 is 2.83 bits per heavy atom. The quantitative estimate of drug-likeness (QED) is 0.696. The molecule has 72 valence electrons. The van der Waals surface area contributed by atoms with Crippen molar-refractivity contribution >= 4 is 0 Å². The van der Waals surface area contributed by atoms with Crippen LogP contribution < -0.4 is 5.32 Å². The first-order chi connectivity index (χ1) is 5.88. The standard InChI is InChI=1S/C10H21NO/c1-3-10(12-4-2)9-6-5-7-11-8-9/h9-11H,3-8H2,1-2H3. The zero-order valence-corrected chi connectivity index (χ0v) is 8.31. The van der Waals surface area contributed by atoms with Crippen LogP contribution in [0, 0.1) is 5.92 Å². The molecule has 2 nitrogen and oxygen atoms in total. The molecule has 1 saturated heterocycles. The van der Waals surface area contributed by atoms with Crippen molar-refractivity contribution in [2.75, 3.05) is 19.7 Å². The lowest BCUT2D eigenvalue weighted by atomic mass is 9.92. The van der Waals surface area contributed by atoms with Crippen molar-refractivity contribution in [2.45, 2.75) is 39.2 Å². The van der Waals surface area contributed by atoms with Gasteiger partial charge in [-0.05, 0) is 38.6 Å². The summed E-state index contributed by atoms with van der Waals surface area (Å²) >= 11 is 0. The number of piperidine rings is 1. The molecule has 1 N–H and O–H groups in total. The molecular weight excluding hydrogens is 150 g/mol. The summed E-state index contributed by atoms with van der Waals surface area (Å²) < 4.78 is 5.69. The molecule has 1 rings (SSSR count). The molecule has 1 aliphatic heterocycles. The molecule has 1 fully saturated rings. The largest absolute Gasteiger partial charge is 0.378 e. The van der Waals surface area contributed by atoms with E-state index in [1.165, 1.54) is 19.4 Å². The Balaban J connectivity index is 2.29. The van der Waals surface area contributed by atoms with Crippen LogP contribution in [0.5, 0.6) is 0 Å². The highest BCUT2D eigenvalue weighted by atomic mass is 16.5. The molecule has 1 heterocycles. The van der Waals surface area contributed by atoms with Crippen LogP contribution in [0.15, 0.2) is 0 Å². The van der Waals surface area contributed by atoms with Gasteiger partial charge in [-0.3, -0.25) is 0 Å². The van der Waals surface area contributed by atoms with Crippen molar-refractivity contribution in [3.8, 4) is 0 Å². The van der Waals surface area contributed by atoms with Crippen LogP contribution in [0.1, 0.15) is 33.1 Å². The van der Waals surface area contributed by atoms with Crippen LogP contribution in [0.2, 0.25) is 0 Å². The van der Waals surface area contributed by atoms with Gasteiger partial charge < -0.3 is 10.1 Å². The Morgan fingerprint density at radius 1 is 1.50 bits per heavy atom. The summed E-state index contributed by atoms with van der Waals surface area (Å²) in [4.78, 5) is 0. The zero-order valence-electron chi connectivity index (χ0n) is 8.31. The molecule has 0 bridgehead atoms. The number of nitrogens with one attached hydrogen (secondary N) is 1. The van der Waals surface area contributed by atoms with Crippen LogP contribution >= 0.6 is 0 Å². The van der Waals surface area contributed by atoms with Gasteiger partial charge in [0.1, 0.15) is 0 Å². The minimum Gasteiger partial charge on any atom is -0.378 e. The van der Waals surface area contributed by atoms with E-state index in [9.17, 15) is 0 Å². The molecule has 0 radical (unpaired) electrons. The van der Waals surface area contributed by atoms with Gasteiger partial charge in [0.2, 0.25) is 0 Å². The second-order valence-electron chi connectivity index (χ2n) is 3.51. The molecule has 0 saturated carbocycles. The number of hydrogen-bond acceptors (Lipinski definition) is 2. The van der Waals surface area contributed by atoms with Crippen LogP contribution in [-0.4, -0.2) is 25.8 Å². The van der Waals surface area contributed by atoms with Gasteiger partial charge in [0.15, 0.2) is 0 Å². The summed E-state index contributed by atoms with van der Waals surface area (Å²) in [7, 11) is 0. The van der Waals surface area contributed by atoms with Gasteiger partial charge in [0.05, 0.1) is 6.10 Å². The third-order valence-corrected chi connectivity index (χ3v) is 2.64. The first kappa shape index (κ1) is 10.0. The van der Waals surface area contributed by atoms with Crippen molar-refractivity contribution in [1.82, 2.24) is 5.32 Å². The number of rotatable bonds is 4. The average molecular weight is 171 g/mol. The van der Waals surface area contributed by atoms with Crippen molar-refractivity contribution in [2.24, 2.45) is 5.92 Å². The van der Waals surface area contributed by atoms with Gasteiger partial charge >= 0.3 is 0 Å². The molecule has 0 aliphatic carbocycles. The van der Waals surface area contributed by atoms with E-state index in [2.05, 4.69) is 19.2 Å². The van der Waals surface area contributed by atoms with Crippen molar-refractivity contribution in [3.05, 3.63) is 0 Å².